The molecular formula is C10H8Br2O4. The van der Waals surface area contributed by atoms with E-state index >= 15 is 0 Å². The van der Waals surface area contributed by atoms with Crippen LogP contribution in [0.2, 0.25) is 0 Å². The van der Waals surface area contributed by atoms with E-state index in [1.165, 1.54) is 7.11 Å². The maximum Gasteiger partial charge on any atom is 0.343 e. The van der Waals surface area contributed by atoms with Crippen molar-refractivity contribution >= 4 is 37.8 Å². The molecule has 0 fully saturated rings. The van der Waals surface area contributed by atoms with E-state index in [9.17, 15) is 4.79 Å². The van der Waals surface area contributed by atoms with Crippen LogP contribution in [0.25, 0.3) is 0 Å². The molecule has 0 bridgehead atoms. The summed E-state index contributed by atoms with van der Waals surface area (Å²) in [5.74, 6) is 0.504. The molecule has 1 aliphatic heterocycles. The zero-order valence-electron chi connectivity index (χ0n) is 8.38. The van der Waals surface area contributed by atoms with Crippen molar-refractivity contribution in [3.8, 4) is 11.5 Å². The van der Waals surface area contributed by atoms with E-state index in [-0.39, 0.29) is 0 Å². The van der Waals surface area contributed by atoms with Crippen LogP contribution < -0.4 is 9.47 Å². The SMILES string of the molecule is COC(=O)c1c(Br)c(Br)cc2c1OCCO2. The number of hydrogen-bond donors (Lipinski definition) is 0. The normalized spacial score (nSPS) is 13.4. The van der Waals surface area contributed by atoms with Crippen LogP contribution in [0.5, 0.6) is 11.5 Å². The van der Waals surface area contributed by atoms with Gasteiger partial charge in [0.15, 0.2) is 11.5 Å². The average molecular weight is 352 g/mol. The van der Waals surface area contributed by atoms with Crippen molar-refractivity contribution < 1.29 is 19.0 Å². The molecule has 0 aliphatic carbocycles. The van der Waals surface area contributed by atoms with Gasteiger partial charge in [-0.1, -0.05) is 0 Å². The van der Waals surface area contributed by atoms with E-state index in [0.717, 1.165) is 4.47 Å². The van der Waals surface area contributed by atoms with Crippen LogP contribution in [0.15, 0.2) is 15.0 Å². The predicted molar refractivity (Wildman–Crippen MR) is 64.2 cm³/mol. The Bertz CT molecular complexity index is 445. The first kappa shape index (κ1) is 11.7. The largest absolute Gasteiger partial charge is 0.486 e. The highest BCUT2D eigenvalue weighted by Crippen LogP contribution is 2.42. The maximum absolute atomic E-state index is 11.6. The molecular weight excluding hydrogens is 344 g/mol. The van der Waals surface area contributed by atoms with Crippen molar-refractivity contribution in [2.75, 3.05) is 20.3 Å². The first-order valence-electron chi connectivity index (χ1n) is 4.51. The molecule has 1 aliphatic rings. The fourth-order valence-corrected chi connectivity index (χ4v) is 2.28. The number of ether oxygens (including phenoxy) is 3. The van der Waals surface area contributed by atoms with Crippen LogP contribution in [0.4, 0.5) is 0 Å². The fraction of sp³-hybridized carbons (Fsp3) is 0.300. The van der Waals surface area contributed by atoms with Crippen LogP contribution in [0.1, 0.15) is 10.4 Å². The van der Waals surface area contributed by atoms with Gasteiger partial charge in [0, 0.05) is 4.47 Å². The lowest BCUT2D eigenvalue weighted by atomic mass is 10.2. The molecule has 1 aromatic rings. The summed E-state index contributed by atoms with van der Waals surface area (Å²) in [5, 5.41) is 0. The minimum atomic E-state index is -0.463. The van der Waals surface area contributed by atoms with Crippen molar-refractivity contribution in [1.29, 1.82) is 0 Å². The number of carbonyl (C=O) groups excluding carboxylic acids is 1. The fourth-order valence-electron chi connectivity index (χ4n) is 1.42. The average Bonchev–Trinajstić information content (AvgIpc) is 2.30. The summed E-state index contributed by atoms with van der Waals surface area (Å²) in [7, 11) is 1.33. The van der Waals surface area contributed by atoms with Gasteiger partial charge in [-0.25, -0.2) is 4.79 Å². The number of benzene rings is 1. The summed E-state index contributed by atoms with van der Waals surface area (Å²) in [6.07, 6.45) is 0. The quantitative estimate of drug-likeness (QED) is 0.730. The second-order valence-corrected chi connectivity index (χ2v) is 4.71. The van der Waals surface area contributed by atoms with Crippen molar-refractivity contribution in [1.82, 2.24) is 0 Å². The monoisotopic (exact) mass is 350 g/mol. The van der Waals surface area contributed by atoms with Gasteiger partial charge in [0.2, 0.25) is 0 Å². The second-order valence-electron chi connectivity index (χ2n) is 3.06. The number of hydrogen-bond acceptors (Lipinski definition) is 4. The number of methoxy groups -OCH3 is 1. The number of halogens is 2. The van der Waals surface area contributed by atoms with Gasteiger partial charge < -0.3 is 14.2 Å². The molecule has 1 heterocycles. The molecule has 0 atom stereocenters. The van der Waals surface area contributed by atoms with E-state index in [4.69, 9.17) is 14.2 Å². The lowest BCUT2D eigenvalue weighted by molar-refractivity contribution is 0.0589. The van der Waals surface area contributed by atoms with Gasteiger partial charge in [0.25, 0.3) is 0 Å². The lowest BCUT2D eigenvalue weighted by Gasteiger charge is -2.21. The summed E-state index contributed by atoms with van der Waals surface area (Å²) in [6.45, 7) is 0.896. The highest BCUT2D eigenvalue weighted by Gasteiger charge is 2.26. The van der Waals surface area contributed by atoms with Gasteiger partial charge >= 0.3 is 5.97 Å². The molecule has 1 aromatic carbocycles. The Morgan fingerprint density at radius 1 is 1.38 bits per heavy atom. The van der Waals surface area contributed by atoms with Crippen LogP contribution >= 0.6 is 31.9 Å². The van der Waals surface area contributed by atoms with Gasteiger partial charge in [-0.15, -0.1) is 0 Å². The maximum atomic E-state index is 11.6. The first-order valence-corrected chi connectivity index (χ1v) is 6.09. The van der Waals surface area contributed by atoms with Crippen molar-refractivity contribution in [2.24, 2.45) is 0 Å². The Labute approximate surface area is 109 Å². The summed E-state index contributed by atoms with van der Waals surface area (Å²) in [5.41, 5.74) is 0.339. The Morgan fingerprint density at radius 3 is 2.75 bits per heavy atom. The van der Waals surface area contributed by atoms with E-state index in [0.29, 0.717) is 34.7 Å². The Kier molecular flexibility index (Phi) is 3.39. The molecule has 0 saturated heterocycles. The highest BCUT2D eigenvalue weighted by molar-refractivity contribution is 9.13. The standard InChI is InChI=1S/C10H8Br2O4/c1-14-10(13)7-8(12)5(11)4-6-9(7)16-3-2-15-6/h4H,2-3H2,1H3. The molecule has 0 spiro atoms. The smallest absolute Gasteiger partial charge is 0.343 e. The molecule has 0 unspecified atom stereocenters. The van der Waals surface area contributed by atoms with Crippen LogP contribution in [0.3, 0.4) is 0 Å². The summed E-state index contributed by atoms with van der Waals surface area (Å²) in [6, 6.07) is 1.75. The Balaban J connectivity index is 2.63. The minimum absolute atomic E-state index is 0.339. The zero-order chi connectivity index (χ0) is 11.7. The second kappa shape index (κ2) is 4.63. The predicted octanol–water partition coefficient (Wildman–Crippen LogP) is 2.77. The molecule has 0 amide bonds. The van der Waals surface area contributed by atoms with Crippen molar-refractivity contribution in [2.45, 2.75) is 0 Å². The van der Waals surface area contributed by atoms with Gasteiger partial charge in [-0.05, 0) is 37.9 Å². The molecule has 0 aromatic heterocycles. The molecule has 0 radical (unpaired) electrons. The van der Waals surface area contributed by atoms with Crippen molar-refractivity contribution in [3.63, 3.8) is 0 Å². The minimum Gasteiger partial charge on any atom is -0.486 e. The molecule has 0 saturated carbocycles. The summed E-state index contributed by atoms with van der Waals surface area (Å²) in [4.78, 5) is 11.6. The van der Waals surface area contributed by atoms with Crippen molar-refractivity contribution in [3.05, 3.63) is 20.6 Å². The highest BCUT2D eigenvalue weighted by atomic mass is 79.9. The third-order valence-electron chi connectivity index (χ3n) is 2.11. The molecule has 16 heavy (non-hydrogen) atoms. The van der Waals surface area contributed by atoms with E-state index in [1.54, 1.807) is 6.07 Å². The number of rotatable bonds is 1. The third-order valence-corrected chi connectivity index (χ3v) is 4.10. The zero-order valence-corrected chi connectivity index (χ0v) is 11.6. The number of carbonyl (C=O) groups is 1. The first-order chi connectivity index (χ1) is 7.65. The van der Waals surface area contributed by atoms with E-state index in [1.807, 2.05) is 0 Å². The van der Waals surface area contributed by atoms with Gasteiger partial charge in [-0.3, -0.25) is 0 Å². The van der Waals surface area contributed by atoms with Crippen LogP contribution in [-0.2, 0) is 4.74 Å². The van der Waals surface area contributed by atoms with Gasteiger partial charge in [-0.2, -0.15) is 0 Å². The Morgan fingerprint density at radius 2 is 2.06 bits per heavy atom. The molecule has 6 heteroatoms. The third kappa shape index (κ3) is 1.91. The molecule has 4 nitrogen and oxygen atoms in total. The van der Waals surface area contributed by atoms with E-state index in [2.05, 4.69) is 31.9 Å². The molecule has 86 valence electrons. The van der Waals surface area contributed by atoms with Gasteiger partial charge in [0.05, 0.1) is 11.6 Å². The van der Waals surface area contributed by atoms with Crippen LogP contribution in [-0.4, -0.2) is 26.3 Å². The topological polar surface area (TPSA) is 44.8 Å². The molecule has 2 rings (SSSR count). The molecule has 0 N–H and O–H groups in total. The Hall–Kier alpha value is -0.750. The summed E-state index contributed by atoms with van der Waals surface area (Å²) >= 11 is 6.65. The summed E-state index contributed by atoms with van der Waals surface area (Å²) < 4.78 is 16.9. The van der Waals surface area contributed by atoms with E-state index < -0.39 is 5.97 Å². The lowest BCUT2D eigenvalue weighted by Crippen LogP contribution is -2.18. The number of fused-ring (bicyclic) bond motifs is 1. The van der Waals surface area contributed by atoms with Gasteiger partial charge in [0.1, 0.15) is 18.8 Å². The van der Waals surface area contributed by atoms with Crippen LogP contribution in [0, 0.1) is 0 Å². The number of esters is 1.